The van der Waals surface area contributed by atoms with E-state index >= 15 is 0 Å². The van der Waals surface area contributed by atoms with Gasteiger partial charge in [-0.15, -0.1) is 0 Å². The molecule has 0 aromatic heterocycles. The average molecular weight is 373 g/mol. The number of hydrogen-bond donors (Lipinski definition) is 1. The molecule has 4 fully saturated rings. The molecule has 9 atom stereocenters. The van der Waals surface area contributed by atoms with Crippen LogP contribution in [0.25, 0.3) is 0 Å². The lowest BCUT2D eigenvalue weighted by molar-refractivity contribution is -0.160. The van der Waals surface area contributed by atoms with Gasteiger partial charge in [-0.3, -0.25) is 4.79 Å². The minimum atomic E-state index is -0.114. The van der Waals surface area contributed by atoms with E-state index in [2.05, 4.69) is 19.1 Å². The predicted molar refractivity (Wildman–Crippen MR) is 105 cm³/mol. The zero-order chi connectivity index (χ0) is 18.8. The summed E-state index contributed by atoms with van der Waals surface area (Å²) in [6.45, 7) is 4.11. The van der Waals surface area contributed by atoms with E-state index < -0.39 is 0 Å². The molecule has 0 aromatic rings. The molecule has 0 heterocycles. The lowest BCUT2D eigenvalue weighted by atomic mass is 9.44. The molecule has 3 nitrogen and oxygen atoms in total. The van der Waals surface area contributed by atoms with Crippen LogP contribution in [-0.2, 0) is 9.53 Å². The summed E-state index contributed by atoms with van der Waals surface area (Å²) < 4.78 is 5.60. The molecule has 0 radical (unpaired) electrons. The molecule has 3 heteroatoms. The van der Waals surface area contributed by atoms with Gasteiger partial charge in [0.25, 0.3) is 0 Å². The second-order valence-electron chi connectivity index (χ2n) is 10.7. The Morgan fingerprint density at radius 2 is 1.85 bits per heavy atom. The number of allylic oxidation sites excluding steroid dienone is 1. The van der Waals surface area contributed by atoms with Crippen LogP contribution in [0.2, 0.25) is 0 Å². The normalized spacial score (nSPS) is 53.7. The minimum absolute atomic E-state index is 0.109. The summed E-state index contributed by atoms with van der Waals surface area (Å²) in [5, 5.41) is 10.7. The maximum Gasteiger partial charge on any atom is 0.302 e. The maximum absolute atomic E-state index is 11.4. The van der Waals surface area contributed by atoms with Gasteiger partial charge in [-0.25, -0.2) is 0 Å². The largest absolute Gasteiger partial charge is 0.463 e. The third-order valence-corrected chi connectivity index (χ3v) is 9.87. The van der Waals surface area contributed by atoms with Gasteiger partial charge in [0, 0.05) is 6.92 Å². The predicted octanol–water partition coefficient (Wildman–Crippen LogP) is 4.88. The van der Waals surface area contributed by atoms with E-state index in [1.165, 1.54) is 44.9 Å². The molecule has 5 rings (SSSR count). The Hall–Kier alpha value is -0.830. The number of aliphatic hydroxyl groups is 1. The molecule has 4 unspecified atom stereocenters. The van der Waals surface area contributed by atoms with E-state index in [9.17, 15) is 9.90 Å². The first-order valence-electron chi connectivity index (χ1n) is 11.5. The molecule has 0 bridgehead atoms. The van der Waals surface area contributed by atoms with Gasteiger partial charge in [-0.2, -0.15) is 0 Å². The van der Waals surface area contributed by atoms with Crippen molar-refractivity contribution < 1.29 is 14.6 Å². The lowest BCUT2D eigenvalue weighted by Gasteiger charge is -2.61. The molecule has 1 spiro atoms. The fraction of sp³-hybridized carbons (Fsp3) is 0.875. The number of esters is 1. The molecule has 27 heavy (non-hydrogen) atoms. The molecule has 4 saturated carbocycles. The highest BCUT2D eigenvalue weighted by molar-refractivity contribution is 5.66. The molecule has 1 N–H and O–H groups in total. The van der Waals surface area contributed by atoms with E-state index in [0.29, 0.717) is 16.7 Å². The first-order valence-corrected chi connectivity index (χ1v) is 11.5. The van der Waals surface area contributed by atoms with Gasteiger partial charge in [0.05, 0.1) is 6.10 Å². The van der Waals surface area contributed by atoms with Crippen LogP contribution in [0.3, 0.4) is 0 Å². The van der Waals surface area contributed by atoms with Crippen LogP contribution in [0.1, 0.15) is 78.1 Å². The molecule has 5 aliphatic rings. The zero-order valence-corrected chi connectivity index (χ0v) is 17.0. The van der Waals surface area contributed by atoms with E-state index in [0.717, 1.165) is 42.9 Å². The summed E-state index contributed by atoms with van der Waals surface area (Å²) in [7, 11) is 0. The highest BCUT2D eigenvalue weighted by Gasteiger charge is 2.62. The average Bonchev–Trinajstić information content (AvgIpc) is 3.03. The number of hydrogen-bond acceptors (Lipinski definition) is 3. The number of aliphatic hydroxyl groups excluding tert-OH is 1. The van der Waals surface area contributed by atoms with Gasteiger partial charge in [0.1, 0.15) is 6.10 Å². The standard InChI is InChI=1S/C24H36O3/c1-15(25)27-17-9-12-23(2)16(14-17)5-6-18-19(23)10-13-24-11-3-4-22(26)21(24)8-7-20(18)24/h3,11,16-22,26H,4-10,12-14H2,1-2H3/t16-,17-,18?,19?,20?,21?,22-,23+,24+/m1/s1. The maximum atomic E-state index is 11.4. The SMILES string of the molecule is CC(=O)O[C@@H]1CC[C@]2(C)C3CC[C@]45C=CC[C@@H](O)C4CCC5C3CC[C@@H]2C1. The van der Waals surface area contributed by atoms with Crippen molar-refractivity contribution in [2.24, 2.45) is 40.4 Å². The third-order valence-electron chi connectivity index (χ3n) is 9.87. The lowest BCUT2D eigenvalue weighted by Crippen LogP contribution is -2.55. The van der Waals surface area contributed by atoms with Gasteiger partial charge in [0.2, 0.25) is 0 Å². The third kappa shape index (κ3) is 2.59. The number of rotatable bonds is 1. The Morgan fingerprint density at radius 1 is 1.04 bits per heavy atom. The van der Waals surface area contributed by atoms with E-state index in [-0.39, 0.29) is 18.2 Å². The summed E-state index contributed by atoms with van der Waals surface area (Å²) in [6.07, 6.45) is 16.9. The van der Waals surface area contributed by atoms with Crippen molar-refractivity contribution in [3.63, 3.8) is 0 Å². The molecular weight excluding hydrogens is 336 g/mol. The van der Waals surface area contributed by atoms with Crippen molar-refractivity contribution in [3.8, 4) is 0 Å². The molecular formula is C24H36O3. The van der Waals surface area contributed by atoms with E-state index in [1.807, 2.05) is 0 Å². The van der Waals surface area contributed by atoms with Crippen LogP contribution in [0.4, 0.5) is 0 Å². The van der Waals surface area contributed by atoms with Gasteiger partial charge >= 0.3 is 5.97 Å². The van der Waals surface area contributed by atoms with Gasteiger partial charge in [-0.1, -0.05) is 19.1 Å². The number of fused-ring (bicyclic) bond motifs is 4. The number of carbonyl (C=O) groups excluding carboxylic acids is 1. The second-order valence-corrected chi connectivity index (χ2v) is 10.7. The monoisotopic (exact) mass is 372 g/mol. The Kier molecular flexibility index (Phi) is 4.28. The van der Waals surface area contributed by atoms with Crippen molar-refractivity contribution in [2.75, 3.05) is 0 Å². The van der Waals surface area contributed by atoms with Crippen molar-refractivity contribution in [1.29, 1.82) is 0 Å². The highest BCUT2D eigenvalue weighted by Crippen LogP contribution is 2.69. The molecule has 150 valence electrons. The Morgan fingerprint density at radius 3 is 2.67 bits per heavy atom. The van der Waals surface area contributed by atoms with Gasteiger partial charge in [-0.05, 0) is 105 Å². The van der Waals surface area contributed by atoms with Crippen molar-refractivity contribution in [3.05, 3.63) is 12.2 Å². The van der Waals surface area contributed by atoms with Crippen LogP contribution < -0.4 is 0 Å². The van der Waals surface area contributed by atoms with Crippen LogP contribution in [0.5, 0.6) is 0 Å². The van der Waals surface area contributed by atoms with E-state index in [4.69, 9.17) is 4.74 Å². The summed E-state index contributed by atoms with van der Waals surface area (Å²) in [6, 6.07) is 0. The van der Waals surface area contributed by atoms with Crippen molar-refractivity contribution in [1.82, 2.24) is 0 Å². The number of carbonyl (C=O) groups is 1. The Labute approximate surface area is 163 Å². The molecule has 5 aliphatic carbocycles. The molecule has 0 aliphatic heterocycles. The van der Waals surface area contributed by atoms with Crippen LogP contribution >= 0.6 is 0 Å². The fourth-order valence-corrected chi connectivity index (χ4v) is 8.80. The Balaban J connectivity index is 1.39. The zero-order valence-electron chi connectivity index (χ0n) is 17.0. The van der Waals surface area contributed by atoms with Crippen LogP contribution in [0.15, 0.2) is 12.2 Å². The first-order chi connectivity index (χ1) is 12.9. The van der Waals surface area contributed by atoms with Crippen molar-refractivity contribution in [2.45, 2.75) is 90.3 Å². The first kappa shape index (κ1) is 18.2. The summed E-state index contributed by atoms with van der Waals surface area (Å²) in [4.78, 5) is 11.4. The second kappa shape index (κ2) is 6.34. The summed E-state index contributed by atoms with van der Waals surface area (Å²) in [5.74, 6) is 3.57. The highest BCUT2D eigenvalue weighted by atomic mass is 16.5. The van der Waals surface area contributed by atoms with Crippen molar-refractivity contribution >= 4 is 5.97 Å². The Bertz CT molecular complexity index is 642. The fourth-order valence-electron chi connectivity index (χ4n) is 8.80. The van der Waals surface area contributed by atoms with Crippen LogP contribution in [-0.4, -0.2) is 23.3 Å². The molecule has 0 aromatic carbocycles. The van der Waals surface area contributed by atoms with E-state index in [1.54, 1.807) is 6.92 Å². The summed E-state index contributed by atoms with van der Waals surface area (Å²) >= 11 is 0. The van der Waals surface area contributed by atoms with Gasteiger partial charge in [0.15, 0.2) is 0 Å². The molecule has 0 saturated heterocycles. The quantitative estimate of drug-likeness (QED) is 0.527. The minimum Gasteiger partial charge on any atom is -0.463 e. The summed E-state index contributed by atoms with van der Waals surface area (Å²) in [5.41, 5.74) is 0.729. The smallest absolute Gasteiger partial charge is 0.302 e. The number of ether oxygens (including phenoxy) is 1. The molecule has 0 amide bonds. The topological polar surface area (TPSA) is 46.5 Å². The van der Waals surface area contributed by atoms with Crippen LogP contribution in [0, 0.1) is 40.4 Å². The van der Waals surface area contributed by atoms with Gasteiger partial charge < -0.3 is 9.84 Å².